The number of benzene rings is 1. The topological polar surface area (TPSA) is 43.4 Å². The Morgan fingerprint density at radius 3 is 2.07 bits per heavy atom. The van der Waals surface area contributed by atoms with Crippen LogP contribution in [0.2, 0.25) is 0 Å². The van der Waals surface area contributed by atoms with Gasteiger partial charge in [-0.2, -0.15) is 0 Å². The zero-order chi connectivity index (χ0) is 11.6. The number of esters is 1. The first-order valence-corrected chi connectivity index (χ1v) is 4.36. The van der Waals surface area contributed by atoms with E-state index in [1.54, 1.807) is 13.8 Å². The smallest absolute Gasteiger partial charge is 0.379 e. The number of ether oxygens (including phenoxy) is 1. The van der Waals surface area contributed by atoms with Crippen LogP contribution in [0.1, 0.15) is 21.5 Å². The van der Waals surface area contributed by atoms with Crippen LogP contribution in [-0.2, 0) is 9.53 Å². The first-order valence-electron chi connectivity index (χ1n) is 4.36. The molecule has 0 saturated heterocycles. The summed E-state index contributed by atoms with van der Waals surface area (Å²) in [4.78, 5) is 22.6. The van der Waals surface area contributed by atoms with Gasteiger partial charge in [0.15, 0.2) is 0 Å². The van der Waals surface area contributed by atoms with Gasteiger partial charge in [0, 0.05) is 5.56 Å². The van der Waals surface area contributed by atoms with E-state index in [1.807, 2.05) is 0 Å². The lowest BCUT2D eigenvalue weighted by molar-refractivity contribution is -0.135. The molecule has 0 saturated carbocycles. The molecule has 0 amide bonds. The Hall–Kier alpha value is -1.71. The molecule has 1 aromatic carbocycles. The van der Waals surface area contributed by atoms with E-state index in [0.29, 0.717) is 11.1 Å². The molecule has 0 aromatic heterocycles. The molecule has 1 aromatic rings. The van der Waals surface area contributed by atoms with Gasteiger partial charge in [-0.1, -0.05) is 0 Å². The molecule has 0 unspecified atom stereocenters. The van der Waals surface area contributed by atoms with Crippen LogP contribution < -0.4 is 0 Å². The molecule has 0 aliphatic rings. The average Bonchev–Trinajstić information content (AvgIpc) is 2.14. The summed E-state index contributed by atoms with van der Waals surface area (Å²) in [6.07, 6.45) is 0. The van der Waals surface area contributed by atoms with E-state index in [2.05, 4.69) is 4.74 Å². The Morgan fingerprint density at radius 1 is 1.20 bits per heavy atom. The maximum absolute atomic E-state index is 12.9. The van der Waals surface area contributed by atoms with Crippen LogP contribution in [0.15, 0.2) is 12.1 Å². The first kappa shape index (κ1) is 11.4. The van der Waals surface area contributed by atoms with Gasteiger partial charge in [0.1, 0.15) is 5.82 Å². The molecule has 0 heterocycles. The quantitative estimate of drug-likeness (QED) is 0.424. The van der Waals surface area contributed by atoms with E-state index in [4.69, 9.17) is 0 Å². The summed E-state index contributed by atoms with van der Waals surface area (Å²) < 4.78 is 17.3. The maximum Gasteiger partial charge on any atom is 0.379 e. The van der Waals surface area contributed by atoms with Gasteiger partial charge >= 0.3 is 5.97 Å². The molecule has 15 heavy (non-hydrogen) atoms. The van der Waals surface area contributed by atoms with E-state index in [1.165, 1.54) is 12.1 Å². The second-order valence-corrected chi connectivity index (χ2v) is 3.24. The van der Waals surface area contributed by atoms with Crippen LogP contribution in [0.4, 0.5) is 4.39 Å². The Bertz CT molecular complexity index is 401. The standard InChI is InChI=1S/C11H11FO3/c1-6-4-8(12)5-7(2)9(6)10(13)11(14)15-3/h4-5H,1-3H3. The van der Waals surface area contributed by atoms with E-state index in [0.717, 1.165) is 7.11 Å². The molecule has 0 fully saturated rings. The molecule has 80 valence electrons. The summed E-state index contributed by atoms with van der Waals surface area (Å²) in [5, 5.41) is 0. The highest BCUT2D eigenvalue weighted by Crippen LogP contribution is 2.16. The summed E-state index contributed by atoms with van der Waals surface area (Å²) >= 11 is 0. The molecule has 0 bridgehead atoms. The molecule has 3 nitrogen and oxygen atoms in total. The van der Waals surface area contributed by atoms with Crippen LogP contribution in [0, 0.1) is 19.7 Å². The van der Waals surface area contributed by atoms with E-state index >= 15 is 0 Å². The Balaban J connectivity index is 3.26. The van der Waals surface area contributed by atoms with Crippen molar-refractivity contribution < 1.29 is 18.7 Å². The lowest BCUT2D eigenvalue weighted by Crippen LogP contribution is -2.18. The number of carbonyl (C=O) groups is 2. The lowest BCUT2D eigenvalue weighted by atomic mass is 9.99. The summed E-state index contributed by atoms with van der Waals surface area (Å²) in [6.45, 7) is 3.15. The van der Waals surface area contributed by atoms with Gasteiger partial charge in [0.05, 0.1) is 7.11 Å². The third kappa shape index (κ3) is 2.21. The summed E-state index contributed by atoms with van der Waals surface area (Å²) in [6, 6.07) is 2.42. The van der Waals surface area contributed by atoms with Crippen LogP contribution >= 0.6 is 0 Å². The largest absolute Gasteiger partial charge is 0.463 e. The number of halogens is 1. The number of hydrogen-bond donors (Lipinski definition) is 0. The van der Waals surface area contributed by atoms with Gasteiger partial charge < -0.3 is 4.74 Å². The zero-order valence-corrected chi connectivity index (χ0v) is 8.76. The number of methoxy groups -OCH3 is 1. The summed E-state index contributed by atoms with van der Waals surface area (Å²) in [5.74, 6) is -2.10. The summed E-state index contributed by atoms with van der Waals surface area (Å²) in [5.41, 5.74) is 1.08. The zero-order valence-electron chi connectivity index (χ0n) is 8.76. The number of rotatable bonds is 2. The molecule has 0 radical (unpaired) electrons. The van der Waals surface area contributed by atoms with Crippen molar-refractivity contribution in [2.75, 3.05) is 7.11 Å². The predicted molar refractivity (Wildman–Crippen MR) is 52.2 cm³/mol. The number of aryl methyl sites for hydroxylation is 2. The van der Waals surface area contributed by atoms with Crippen molar-refractivity contribution in [2.45, 2.75) is 13.8 Å². The molecular weight excluding hydrogens is 199 g/mol. The normalized spacial score (nSPS) is 9.87. The van der Waals surface area contributed by atoms with Gasteiger partial charge in [0.25, 0.3) is 5.78 Å². The van der Waals surface area contributed by atoms with Crippen molar-refractivity contribution >= 4 is 11.8 Å². The monoisotopic (exact) mass is 210 g/mol. The number of carbonyl (C=O) groups excluding carboxylic acids is 2. The highest BCUT2D eigenvalue weighted by atomic mass is 19.1. The Kier molecular flexibility index (Phi) is 3.19. The van der Waals surface area contributed by atoms with Gasteiger partial charge in [-0.25, -0.2) is 9.18 Å². The Morgan fingerprint density at radius 2 is 1.67 bits per heavy atom. The predicted octanol–water partition coefficient (Wildman–Crippen LogP) is 1.80. The highest BCUT2D eigenvalue weighted by molar-refractivity contribution is 6.41. The number of ketones is 1. The van der Waals surface area contributed by atoms with Crippen molar-refractivity contribution in [3.05, 3.63) is 34.6 Å². The third-order valence-electron chi connectivity index (χ3n) is 2.10. The SMILES string of the molecule is COC(=O)C(=O)c1c(C)cc(F)cc1C. The van der Waals surface area contributed by atoms with Gasteiger partial charge in [-0.3, -0.25) is 4.79 Å². The molecule has 0 aliphatic heterocycles. The maximum atomic E-state index is 12.9. The molecule has 0 aliphatic carbocycles. The number of Topliss-reactive ketones (excluding diaryl/α,β-unsaturated/α-hetero) is 1. The molecular formula is C11H11FO3. The van der Waals surface area contributed by atoms with E-state index < -0.39 is 17.6 Å². The minimum atomic E-state index is -0.937. The fourth-order valence-corrected chi connectivity index (χ4v) is 1.46. The molecule has 0 spiro atoms. The van der Waals surface area contributed by atoms with E-state index in [9.17, 15) is 14.0 Å². The van der Waals surface area contributed by atoms with Gasteiger partial charge in [0.2, 0.25) is 0 Å². The van der Waals surface area contributed by atoms with Crippen molar-refractivity contribution in [2.24, 2.45) is 0 Å². The molecule has 1 rings (SSSR count). The van der Waals surface area contributed by atoms with Gasteiger partial charge in [-0.15, -0.1) is 0 Å². The highest BCUT2D eigenvalue weighted by Gasteiger charge is 2.21. The fourth-order valence-electron chi connectivity index (χ4n) is 1.46. The van der Waals surface area contributed by atoms with E-state index in [-0.39, 0.29) is 5.56 Å². The minimum Gasteiger partial charge on any atom is -0.463 e. The second-order valence-electron chi connectivity index (χ2n) is 3.24. The van der Waals surface area contributed by atoms with Crippen molar-refractivity contribution in [3.63, 3.8) is 0 Å². The first-order chi connectivity index (χ1) is 6.97. The summed E-state index contributed by atoms with van der Waals surface area (Å²) in [7, 11) is 1.13. The molecule has 4 heteroatoms. The van der Waals surface area contributed by atoms with Gasteiger partial charge in [-0.05, 0) is 37.1 Å². The fraction of sp³-hybridized carbons (Fsp3) is 0.273. The van der Waals surface area contributed by atoms with Crippen LogP contribution in [0.3, 0.4) is 0 Å². The van der Waals surface area contributed by atoms with Crippen molar-refractivity contribution in [3.8, 4) is 0 Å². The Labute approximate surface area is 86.9 Å². The average molecular weight is 210 g/mol. The van der Waals surface area contributed by atoms with Crippen molar-refractivity contribution in [1.82, 2.24) is 0 Å². The van der Waals surface area contributed by atoms with Crippen LogP contribution in [-0.4, -0.2) is 18.9 Å². The minimum absolute atomic E-state index is 0.211. The molecule has 0 atom stereocenters. The molecule has 0 N–H and O–H groups in total. The number of hydrogen-bond acceptors (Lipinski definition) is 3. The van der Waals surface area contributed by atoms with Crippen LogP contribution in [0.5, 0.6) is 0 Å². The van der Waals surface area contributed by atoms with Crippen molar-refractivity contribution in [1.29, 1.82) is 0 Å². The van der Waals surface area contributed by atoms with Crippen LogP contribution in [0.25, 0.3) is 0 Å². The lowest BCUT2D eigenvalue weighted by Gasteiger charge is -2.07. The second kappa shape index (κ2) is 4.21. The third-order valence-corrected chi connectivity index (χ3v) is 2.10.